The first-order chi connectivity index (χ1) is 8.04. The fourth-order valence-electron chi connectivity index (χ4n) is 1.39. The summed E-state index contributed by atoms with van der Waals surface area (Å²) >= 11 is 1.38. The minimum absolute atomic E-state index is 0.265. The number of nitrogen functional groups attached to an aromatic ring is 2. The Balaban J connectivity index is 2.19. The van der Waals surface area contributed by atoms with Gasteiger partial charge in [-0.05, 0) is 25.1 Å². The molecule has 1 aromatic carbocycles. The summed E-state index contributed by atoms with van der Waals surface area (Å²) in [5.74, 6) is -0.265. The Bertz CT molecular complexity index is 544. The van der Waals surface area contributed by atoms with Crippen molar-refractivity contribution in [1.29, 1.82) is 0 Å². The van der Waals surface area contributed by atoms with E-state index in [4.69, 9.17) is 11.5 Å². The van der Waals surface area contributed by atoms with Crippen LogP contribution in [0.3, 0.4) is 0 Å². The largest absolute Gasteiger partial charge is 0.399 e. The minimum atomic E-state index is -0.265. The van der Waals surface area contributed by atoms with Crippen LogP contribution in [-0.2, 0) is 0 Å². The Kier molecular flexibility index (Phi) is 2.97. The van der Waals surface area contributed by atoms with Crippen molar-refractivity contribution in [2.75, 3.05) is 16.8 Å². The first-order valence-electron chi connectivity index (χ1n) is 4.94. The molecule has 1 aromatic heterocycles. The maximum atomic E-state index is 11.9. The van der Waals surface area contributed by atoms with Gasteiger partial charge in [0.2, 0.25) is 0 Å². The van der Waals surface area contributed by atoms with Crippen LogP contribution in [0.1, 0.15) is 16.1 Å². The van der Waals surface area contributed by atoms with Crippen molar-refractivity contribution in [3.8, 4) is 0 Å². The van der Waals surface area contributed by atoms with Crippen molar-refractivity contribution in [3.05, 3.63) is 34.8 Å². The molecule has 2 rings (SSSR count). The third kappa shape index (κ3) is 2.73. The van der Waals surface area contributed by atoms with E-state index in [9.17, 15) is 4.79 Å². The molecule has 6 heteroatoms. The molecular formula is C11H12N4OS. The minimum Gasteiger partial charge on any atom is -0.399 e. The first-order valence-corrected chi connectivity index (χ1v) is 5.82. The zero-order chi connectivity index (χ0) is 12.4. The van der Waals surface area contributed by atoms with Gasteiger partial charge in [0.05, 0.1) is 5.69 Å². The highest BCUT2D eigenvalue weighted by Crippen LogP contribution is 2.18. The number of anilines is 3. The van der Waals surface area contributed by atoms with Crippen molar-refractivity contribution in [2.45, 2.75) is 6.92 Å². The summed E-state index contributed by atoms with van der Waals surface area (Å²) in [5.41, 5.74) is 13.5. The summed E-state index contributed by atoms with van der Waals surface area (Å²) in [4.78, 5) is 16.0. The number of nitrogens with two attached hydrogens (primary N) is 2. The van der Waals surface area contributed by atoms with E-state index in [1.165, 1.54) is 11.3 Å². The molecule has 0 aliphatic rings. The molecule has 5 N–H and O–H groups in total. The fraction of sp³-hybridized carbons (Fsp3) is 0.0909. The number of carbonyl (C=O) groups excluding carboxylic acids is 1. The van der Waals surface area contributed by atoms with Crippen LogP contribution in [0, 0.1) is 6.92 Å². The standard InChI is InChI=1S/C11H12N4OS/c1-6-5-17-11(14-6)15-10(16)7-2-8(12)4-9(13)3-7/h2-5H,12-13H2,1H3,(H,14,15,16). The maximum Gasteiger partial charge on any atom is 0.257 e. The van der Waals surface area contributed by atoms with Gasteiger partial charge < -0.3 is 11.5 Å². The number of nitrogens with zero attached hydrogens (tertiary/aromatic N) is 1. The predicted octanol–water partition coefficient (Wildman–Crippen LogP) is 1.87. The van der Waals surface area contributed by atoms with Gasteiger partial charge in [-0.25, -0.2) is 4.98 Å². The van der Waals surface area contributed by atoms with E-state index in [2.05, 4.69) is 10.3 Å². The molecule has 17 heavy (non-hydrogen) atoms. The number of rotatable bonds is 2. The molecule has 88 valence electrons. The van der Waals surface area contributed by atoms with Gasteiger partial charge in [-0.15, -0.1) is 11.3 Å². The zero-order valence-corrected chi connectivity index (χ0v) is 10.0. The quantitative estimate of drug-likeness (QED) is 0.707. The monoisotopic (exact) mass is 248 g/mol. The smallest absolute Gasteiger partial charge is 0.257 e. The molecule has 0 bridgehead atoms. The normalized spacial score (nSPS) is 10.2. The highest BCUT2D eigenvalue weighted by atomic mass is 32.1. The molecule has 5 nitrogen and oxygen atoms in total. The van der Waals surface area contributed by atoms with Crippen LogP contribution in [0.25, 0.3) is 0 Å². The number of carbonyl (C=O) groups is 1. The van der Waals surface area contributed by atoms with Gasteiger partial charge in [0.1, 0.15) is 0 Å². The van der Waals surface area contributed by atoms with E-state index in [1.807, 2.05) is 12.3 Å². The lowest BCUT2D eigenvalue weighted by molar-refractivity contribution is 0.102. The molecule has 0 radical (unpaired) electrons. The van der Waals surface area contributed by atoms with Crippen molar-refractivity contribution < 1.29 is 4.79 Å². The van der Waals surface area contributed by atoms with E-state index in [0.29, 0.717) is 22.1 Å². The van der Waals surface area contributed by atoms with Gasteiger partial charge in [-0.3, -0.25) is 10.1 Å². The number of nitrogens with one attached hydrogen (secondary N) is 1. The van der Waals surface area contributed by atoms with Crippen LogP contribution >= 0.6 is 11.3 Å². The van der Waals surface area contributed by atoms with Crippen molar-refractivity contribution in [2.24, 2.45) is 0 Å². The maximum absolute atomic E-state index is 11.9. The topological polar surface area (TPSA) is 94.0 Å². The first kappa shape index (κ1) is 11.4. The number of aryl methyl sites for hydroxylation is 1. The van der Waals surface area contributed by atoms with Crippen LogP contribution < -0.4 is 16.8 Å². The molecule has 1 amide bonds. The number of thiazole rings is 1. The third-order valence-electron chi connectivity index (χ3n) is 2.08. The van der Waals surface area contributed by atoms with Crippen LogP contribution in [-0.4, -0.2) is 10.9 Å². The van der Waals surface area contributed by atoms with Gasteiger partial charge in [0.25, 0.3) is 5.91 Å². The molecule has 2 aromatic rings. The van der Waals surface area contributed by atoms with Crippen LogP contribution in [0.5, 0.6) is 0 Å². The highest BCUT2D eigenvalue weighted by molar-refractivity contribution is 7.13. The lowest BCUT2D eigenvalue weighted by Crippen LogP contribution is -2.12. The molecule has 0 saturated carbocycles. The summed E-state index contributed by atoms with van der Waals surface area (Å²) in [6.07, 6.45) is 0. The number of amides is 1. The van der Waals surface area contributed by atoms with Crippen molar-refractivity contribution in [3.63, 3.8) is 0 Å². The summed E-state index contributed by atoms with van der Waals surface area (Å²) in [6, 6.07) is 4.75. The Morgan fingerprint density at radius 3 is 2.47 bits per heavy atom. The van der Waals surface area contributed by atoms with Gasteiger partial charge in [-0.1, -0.05) is 0 Å². The average molecular weight is 248 g/mol. The Morgan fingerprint density at radius 1 is 1.29 bits per heavy atom. The van der Waals surface area contributed by atoms with Gasteiger partial charge in [-0.2, -0.15) is 0 Å². The molecule has 0 spiro atoms. The average Bonchev–Trinajstić information content (AvgIpc) is 2.62. The van der Waals surface area contributed by atoms with Gasteiger partial charge in [0, 0.05) is 22.3 Å². The van der Waals surface area contributed by atoms with E-state index in [1.54, 1.807) is 18.2 Å². The highest BCUT2D eigenvalue weighted by Gasteiger charge is 2.09. The summed E-state index contributed by atoms with van der Waals surface area (Å²) in [7, 11) is 0. The summed E-state index contributed by atoms with van der Waals surface area (Å²) < 4.78 is 0. The Labute approximate surface area is 102 Å². The van der Waals surface area contributed by atoms with Crippen molar-refractivity contribution in [1.82, 2.24) is 4.98 Å². The second-order valence-corrected chi connectivity index (χ2v) is 4.49. The molecule has 0 atom stereocenters. The lowest BCUT2D eigenvalue weighted by atomic mass is 10.1. The third-order valence-corrected chi connectivity index (χ3v) is 2.95. The predicted molar refractivity (Wildman–Crippen MR) is 70.1 cm³/mol. The molecule has 0 unspecified atom stereocenters. The van der Waals surface area contributed by atoms with Crippen LogP contribution in [0.4, 0.5) is 16.5 Å². The number of aromatic nitrogens is 1. The molecular weight excluding hydrogens is 236 g/mol. The van der Waals surface area contributed by atoms with E-state index >= 15 is 0 Å². The van der Waals surface area contributed by atoms with Crippen LogP contribution in [0.2, 0.25) is 0 Å². The lowest BCUT2D eigenvalue weighted by Gasteiger charge is -2.04. The second-order valence-electron chi connectivity index (χ2n) is 3.64. The second kappa shape index (κ2) is 4.42. The van der Waals surface area contributed by atoms with Crippen molar-refractivity contribution >= 4 is 33.8 Å². The summed E-state index contributed by atoms with van der Waals surface area (Å²) in [6.45, 7) is 1.87. The fourth-order valence-corrected chi connectivity index (χ4v) is 2.07. The number of benzene rings is 1. The number of hydrogen-bond acceptors (Lipinski definition) is 5. The zero-order valence-electron chi connectivity index (χ0n) is 9.23. The number of hydrogen-bond donors (Lipinski definition) is 3. The summed E-state index contributed by atoms with van der Waals surface area (Å²) in [5, 5.41) is 5.12. The van der Waals surface area contributed by atoms with E-state index in [-0.39, 0.29) is 5.91 Å². The van der Waals surface area contributed by atoms with E-state index < -0.39 is 0 Å². The van der Waals surface area contributed by atoms with Crippen LogP contribution in [0.15, 0.2) is 23.6 Å². The Hall–Kier alpha value is -2.08. The van der Waals surface area contributed by atoms with Gasteiger partial charge >= 0.3 is 0 Å². The van der Waals surface area contributed by atoms with Gasteiger partial charge in [0.15, 0.2) is 5.13 Å². The molecule has 0 aliphatic carbocycles. The Morgan fingerprint density at radius 2 is 1.94 bits per heavy atom. The SMILES string of the molecule is Cc1csc(NC(=O)c2cc(N)cc(N)c2)n1. The molecule has 1 heterocycles. The van der Waals surface area contributed by atoms with E-state index in [0.717, 1.165) is 5.69 Å². The molecule has 0 fully saturated rings. The molecule has 0 saturated heterocycles. The molecule has 0 aliphatic heterocycles.